The van der Waals surface area contributed by atoms with Crippen molar-refractivity contribution in [3.05, 3.63) is 52.2 Å². The summed E-state index contributed by atoms with van der Waals surface area (Å²) in [6.07, 6.45) is 5.91. The van der Waals surface area contributed by atoms with Gasteiger partial charge in [-0.2, -0.15) is 5.10 Å². The van der Waals surface area contributed by atoms with Crippen LogP contribution in [0.5, 0.6) is 0 Å². The number of imidazole rings is 1. The molecule has 3 heterocycles. The van der Waals surface area contributed by atoms with Crippen LogP contribution in [-0.2, 0) is 20.0 Å². The zero-order valence-corrected chi connectivity index (χ0v) is 15.1. The lowest BCUT2D eigenvalue weighted by molar-refractivity contribution is 0.119. The molecule has 0 spiro atoms. The number of hydrogen-bond acceptors (Lipinski definition) is 4. The second kappa shape index (κ2) is 6.74. The van der Waals surface area contributed by atoms with Crippen molar-refractivity contribution in [1.82, 2.24) is 24.6 Å². The van der Waals surface area contributed by atoms with E-state index in [0.29, 0.717) is 13.0 Å². The molecule has 1 aliphatic rings. The second-order valence-electron chi connectivity index (χ2n) is 7.29. The molecule has 7 heteroatoms. The molecule has 0 unspecified atom stereocenters. The number of aryl methyl sites for hydroxylation is 3. The maximum atomic E-state index is 12.2. The lowest BCUT2D eigenvalue weighted by atomic mass is 9.98. The highest BCUT2D eigenvalue weighted by Crippen LogP contribution is 2.30. The van der Waals surface area contributed by atoms with Crippen molar-refractivity contribution in [1.29, 1.82) is 0 Å². The van der Waals surface area contributed by atoms with Gasteiger partial charge in [0.25, 0.3) is 0 Å². The van der Waals surface area contributed by atoms with Crippen LogP contribution in [0.4, 0.5) is 0 Å². The number of benzene rings is 1. The minimum atomic E-state index is -0.636. The van der Waals surface area contributed by atoms with E-state index in [1.165, 1.54) is 5.56 Å². The first-order valence-electron chi connectivity index (χ1n) is 9.16. The molecule has 0 saturated carbocycles. The average Bonchev–Trinajstić information content (AvgIpc) is 3.14. The largest absolute Gasteiger partial charge is 0.387 e. The van der Waals surface area contributed by atoms with Gasteiger partial charge in [-0.15, -0.1) is 0 Å². The monoisotopic (exact) mass is 355 g/mol. The van der Waals surface area contributed by atoms with Crippen molar-refractivity contribution < 1.29 is 5.11 Å². The summed E-state index contributed by atoms with van der Waals surface area (Å²) in [6, 6.07) is 5.86. The fourth-order valence-corrected chi connectivity index (χ4v) is 3.95. The van der Waals surface area contributed by atoms with E-state index < -0.39 is 6.10 Å². The molecule has 7 nitrogen and oxygen atoms in total. The van der Waals surface area contributed by atoms with Gasteiger partial charge in [0.2, 0.25) is 0 Å². The van der Waals surface area contributed by atoms with Gasteiger partial charge in [0.05, 0.1) is 23.3 Å². The van der Waals surface area contributed by atoms with Gasteiger partial charge in [-0.1, -0.05) is 12.1 Å². The molecule has 4 rings (SSSR count). The van der Waals surface area contributed by atoms with Crippen LogP contribution in [0, 0.1) is 0 Å². The Bertz CT molecular complexity index is 970. The van der Waals surface area contributed by atoms with Crippen molar-refractivity contribution in [3.8, 4) is 0 Å². The van der Waals surface area contributed by atoms with Crippen molar-refractivity contribution in [2.24, 2.45) is 7.05 Å². The number of hydrogen-bond donors (Lipinski definition) is 3. The highest BCUT2D eigenvalue weighted by atomic mass is 16.3. The molecule has 3 aromatic rings. The van der Waals surface area contributed by atoms with Gasteiger partial charge in [-0.05, 0) is 37.8 Å². The molecule has 1 aromatic carbocycles. The maximum absolute atomic E-state index is 12.2. The van der Waals surface area contributed by atoms with Crippen LogP contribution in [0.25, 0.3) is 11.0 Å². The van der Waals surface area contributed by atoms with E-state index in [2.05, 4.69) is 22.3 Å². The van der Waals surface area contributed by atoms with Crippen molar-refractivity contribution >= 4 is 11.0 Å². The Morgan fingerprint density at radius 2 is 2.31 bits per heavy atom. The van der Waals surface area contributed by atoms with Crippen LogP contribution in [0.15, 0.2) is 35.4 Å². The minimum absolute atomic E-state index is 0.0798. The number of H-pyrrole nitrogens is 1. The Kier molecular flexibility index (Phi) is 4.42. The van der Waals surface area contributed by atoms with E-state index in [-0.39, 0.29) is 17.8 Å². The molecule has 0 bridgehead atoms. The predicted molar refractivity (Wildman–Crippen MR) is 100 cm³/mol. The summed E-state index contributed by atoms with van der Waals surface area (Å²) in [6.45, 7) is 2.74. The van der Waals surface area contributed by atoms with Gasteiger partial charge in [0.15, 0.2) is 0 Å². The number of para-hydroxylation sites is 1. The first kappa shape index (κ1) is 17.1. The average molecular weight is 355 g/mol. The Hall–Kier alpha value is -2.38. The SMILES string of the molecule is C[C@H](CCc1cnn(C)c1)N[C@@H]1CCn2c(=O)[nH]c3cccc(c32)[C@H]1O. The van der Waals surface area contributed by atoms with Gasteiger partial charge in [-0.25, -0.2) is 4.79 Å². The van der Waals surface area contributed by atoms with Crippen molar-refractivity contribution in [2.75, 3.05) is 0 Å². The van der Waals surface area contributed by atoms with Crippen LogP contribution in [-0.4, -0.2) is 36.5 Å². The highest BCUT2D eigenvalue weighted by Gasteiger charge is 2.29. The lowest BCUT2D eigenvalue weighted by Gasteiger charge is -2.26. The lowest BCUT2D eigenvalue weighted by Crippen LogP contribution is -2.41. The molecule has 3 atom stereocenters. The van der Waals surface area contributed by atoms with Crippen LogP contribution < -0.4 is 11.0 Å². The smallest absolute Gasteiger partial charge is 0.326 e. The third kappa shape index (κ3) is 3.08. The summed E-state index contributed by atoms with van der Waals surface area (Å²) in [4.78, 5) is 15.1. The van der Waals surface area contributed by atoms with Crippen LogP contribution in [0.3, 0.4) is 0 Å². The van der Waals surface area contributed by atoms with E-state index in [0.717, 1.165) is 29.4 Å². The Morgan fingerprint density at radius 1 is 1.46 bits per heavy atom. The Labute approximate surface area is 151 Å². The van der Waals surface area contributed by atoms with Crippen molar-refractivity contribution in [2.45, 2.75) is 50.9 Å². The molecule has 2 aromatic heterocycles. The summed E-state index contributed by atoms with van der Waals surface area (Å²) in [5.74, 6) is 0. The van der Waals surface area contributed by atoms with Gasteiger partial charge in [-0.3, -0.25) is 9.25 Å². The molecule has 0 amide bonds. The summed E-state index contributed by atoms with van der Waals surface area (Å²) >= 11 is 0. The number of nitrogens with zero attached hydrogens (tertiary/aromatic N) is 3. The van der Waals surface area contributed by atoms with E-state index in [1.54, 1.807) is 4.57 Å². The number of aliphatic hydroxyl groups excluding tert-OH is 1. The highest BCUT2D eigenvalue weighted by molar-refractivity contribution is 5.79. The van der Waals surface area contributed by atoms with Crippen LogP contribution in [0.1, 0.15) is 37.0 Å². The predicted octanol–water partition coefficient (Wildman–Crippen LogP) is 1.48. The third-order valence-corrected chi connectivity index (χ3v) is 5.31. The fraction of sp³-hybridized carbons (Fsp3) is 0.474. The molecular formula is C19H25N5O2. The molecule has 26 heavy (non-hydrogen) atoms. The van der Waals surface area contributed by atoms with E-state index in [9.17, 15) is 9.90 Å². The van der Waals surface area contributed by atoms with Gasteiger partial charge < -0.3 is 15.4 Å². The van der Waals surface area contributed by atoms with Gasteiger partial charge in [0, 0.05) is 37.4 Å². The first-order valence-corrected chi connectivity index (χ1v) is 9.16. The molecule has 0 fully saturated rings. The molecule has 3 N–H and O–H groups in total. The van der Waals surface area contributed by atoms with Crippen molar-refractivity contribution in [3.63, 3.8) is 0 Å². The van der Waals surface area contributed by atoms with E-state index in [4.69, 9.17) is 0 Å². The number of nitrogens with one attached hydrogen (secondary N) is 2. The van der Waals surface area contributed by atoms with Gasteiger partial charge in [0.1, 0.15) is 0 Å². The summed E-state index contributed by atoms with van der Waals surface area (Å²) < 4.78 is 3.56. The number of rotatable bonds is 5. The Morgan fingerprint density at radius 3 is 3.08 bits per heavy atom. The summed E-state index contributed by atoms with van der Waals surface area (Å²) in [5, 5.41) is 18.7. The topological polar surface area (TPSA) is 87.9 Å². The number of aliphatic hydroxyl groups is 1. The zero-order chi connectivity index (χ0) is 18.3. The standard InChI is InChI=1S/C19H25N5O2/c1-12(6-7-13-10-20-23(2)11-13)21-16-8-9-24-17-14(18(16)25)4-3-5-15(17)22-19(24)26/h3-5,10-12,16,18,21,25H,6-9H2,1-2H3,(H,22,26)/t12-,16-,18-/m1/s1. The summed E-state index contributed by atoms with van der Waals surface area (Å²) in [5.41, 5.74) is 3.55. The molecule has 0 radical (unpaired) electrons. The van der Waals surface area contributed by atoms with Gasteiger partial charge >= 0.3 is 5.69 Å². The molecule has 0 saturated heterocycles. The summed E-state index contributed by atoms with van der Waals surface area (Å²) in [7, 11) is 1.92. The number of aromatic nitrogens is 4. The maximum Gasteiger partial charge on any atom is 0.326 e. The van der Waals surface area contributed by atoms with E-state index >= 15 is 0 Å². The van der Waals surface area contributed by atoms with Crippen LogP contribution >= 0.6 is 0 Å². The van der Waals surface area contributed by atoms with E-state index in [1.807, 2.05) is 42.3 Å². The molecule has 138 valence electrons. The number of aromatic amines is 1. The first-order chi connectivity index (χ1) is 12.5. The second-order valence-corrected chi connectivity index (χ2v) is 7.29. The fourth-order valence-electron chi connectivity index (χ4n) is 3.95. The quantitative estimate of drug-likeness (QED) is 0.647. The molecule has 1 aliphatic heterocycles. The Balaban J connectivity index is 1.49. The minimum Gasteiger partial charge on any atom is -0.387 e. The molecular weight excluding hydrogens is 330 g/mol. The normalized spacial score (nSPS) is 21.0. The third-order valence-electron chi connectivity index (χ3n) is 5.31. The van der Waals surface area contributed by atoms with Crippen LogP contribution in [0.2, 0.25) is 0 Å². The zero-order valence-electron chi connectivity index (χ0n) is 15.1. The molecule has 0 aliphatic carbocycles.